The van der Waals surface area contributed by atoms with Crippen LogP contribution in [0.15, 0.2) is 35.5 Å². The standard InChI is InChI=1S/C14H17N3O4S/c1-3-17-9-13(15-10(17)2)22(20,21)16-12-6-4-5-11(7-12)8-14(18)19/h4-7,9,16H,3,8H2,1-2H3,(H,18,19). The summed E-state index contributed by atoms with van der Waals surface area (Å²) >= 11 is 0. The minimum atomic E-state index is -3.80. The second-order valence-corrected chi connectivity index (χ2v) is 6.42. The molecule has 0 fully saturated rings. The average Bonchev–Trinajstić information content (AvgIpc) is 2.80. The van der Waals surface area contributed by atoms with E-state index in [0.29, 0.717) is 23.6 Å². The molecule has 0 saturated heterocycles. The zero-order chi connectivity index (χ0) is 16.3. The van der Waals surface area contributed by atoms with Crippen LogP contribution in [0.2, 0.25) is 0 Å². The van der Waals surface area contributed by atoms with Crippen LogP contribution in [0, 0.1) is 6.92 Å². The summed E-state index contributed by atoms with van der Waals surface area (Å²) in [6, 6.07) is 6.29. The molecule has 0 radical (unpaired) electrons. The minimum Gasteiger partial charge on any atom is -0.481 e. The van der Waals surface area contributed by atoms with E-state index in [4.69, 9.17) is 5.11 Å². The summed E-state index contributed by atoms with van der Waals surface area (Å²) in [6.45, 7) is 4.26. The van der Waals surface area contributed by atoms with Gasteiger partial charge in [0.15, 0.2) is 5.03 Å². The van der Waals surface area contributed by atoms with Gasteiger partial charge in [-0.15, -0.1) is 0 Å². The van der Waals surface area contributed by atoms with Crippen LogP contribution in [0.4, 0.5) is 5.69 Å². The minimum absolute atomic E-state index is 0.0597. The Bertz CT molecular complexity index is 796. The van der Waals surface area contributed by atoms with E-state index >= 15 is 0 Å². The summed E-state index contributed by atoms with van der Waals surface area (Å²) in [7, 11) is -3.80. The van der Waals surface area contributed by atoms with Crippen LogP contribution in [0.5, 0.6) is 0 Å². The lowest BCUT2D eigenvalue weighted by Crippen LogP contribution is -2.13. The summed E-state index contributed by atoms with van der Waals surface area (Å²) < 4.78 is 28.8. The maximum atomic E-state index is 12.3. The maximum Gasteiger partial charge on any atom is 0.307 e. The van der Waals surface area contributed by atoms with E-state index in [1.165, 1.54) is 12.3 Å². The van der Waals surface area contributed by atoms with Crippen LogP contribution in [-0.4, -0.2) is 29.0 Å². The molecule has 1 heterocycles. The number of hydrogen-bond acceptors (Lipinski definition) is 4. The number of benzene rings is 1. The molecular weight excluding hydrogens is 306 g/mol. The van der Waals surface area contributed by atoms with Gasteiger partial charge in [-0.25, -0.2) is 4.98 Å². The molecule has 0 atom stereocenters. The second-order valence-electron chi connectivity index (χ2n) is 4.79. The van der Waals surface area contributed by atoms with Gasteiger partial charge in [0.25, 0.3) is 10.0 Å². The van der Waals surface area contributed by atoms with Gasteiger partial charge in [0.05, 0.1) is 6.42 Å². The molecule has 2 aromatic rings. The van der Waals surface area contributed by atoms with E-state index in [1.54, 1.807) is 29.7 Å². The first-order valence-corrected chi connectivity index (χ1v) is 8.17. The SMILES string of the molecule is CCn1cc(S(=O)(=O)Nc2cccc(CC(=O)O)c2)nc1C. The molecule has 0 aliphatic heterocycles. The molecule has 0 aliphatic carbocycles. The predicted octanol–water partition coefficient (Wildman–Crippen LogP) is 1.64. The number of nitrogens with one attached hydrogen (secondary N) is 1. The monoisotopic (exact) mass is 323 g/mol. The zero-order valence-corrected chi connectivity index (χ0v) is 13.1. The highest BCUT2D eigenvalue weighted by Crippen LogP contribution is 2.17. The van der Waals surface area contributed by atoms with E-state index in [-0.39, 0.29) is 11.4 Å². The van der Waals surface area contributed by atoms with Crippen LogP contribution in [-0.2, 0) is 27.8 Å². The van der Waals surface area contributed by atoms with Crippen LogP contribution in [0.3, 0.4) is 0 Å². The van der Waals surface area contributed by atoms with Gasteiger partial charge in [0, 0.05) is 18.4 Å². The topological polar surface area (TPSA) is 101 Å². The number of carboxylic acids is 1. The van der Waals surface area contributed by atoms with Gasteiger partial charge < -0.3 is 9.67 Å². The van der Waals surface area contributed by atoms with Crippen molar-refractivity contribution in [3.63, 3.8) is 0 Å². The first-order chi connectivity index (χ1) is 10.3. The quantitative estimate of drug-likeness (QED) is 0.841. The molecule has 1 aromatic carbocycles. The van der Waals surface area contributed by atoms with Crippen LogP contribution in [0.1, 0.15) is 18.3 Å². The normalized spacial score (nSPS) is 11.4. The van der Waals surface area contributed by atoms with Crippen molar-refractivity contribution in [2.75, 3.05) is 4.72 Å². The third-order valence-electron chi connectivity index (χ3n) is 3.10. The number of sulfonamides is 1. The van der Waals surface area contributed by atoms with Gasteiger partial charge >= 0.3 is 5.97 Å². The molecule has 0 bridgehead atoms. The Morgan fingerprint density at radius 3 is 2.73 bits per heavy atom. The van der Waals surface area contributed by atoms with Crippen molar-refractivity contribution in [3.05, 3.63) is 41.9 Å². The first-order valence-electron chi connectivity index (χ1n) is 6.69. The van der Waals surface area contributed by atoms with E-state index in [0.717, 1.165) is 0 Å². The van der Waals surface area contributed by atoms with Crippen LogP contribution >= 0.6 is 0 Å². The van der Waals surface area contributed by atoms with Crippen molar-refractivity contribution < 1.29 is 18.3 Å². The predicted molar refractivity (Wildman–Crippen MR) is 81.2 cm³/mol. The van der Waals surface area contributed by atoms with Crippen LogP contribution < -0.4 is 4.72 Å². The van der Waals surface area contributed by atoms with Gasteiger partial charge in [-0.3, -0.25) is 9.52 Å². The third kappa shape index (κ3) is 3.64. The molecule has 0 unspecified atom stereocenters. The number of rotatable bonds is 6. The van der Waals surface area contributed by atoms with Gasteiger partial charge in [-0.1, -0.05) is 12.1 Å². The Kier molecular flexibility index (Phi) is 4.51. The van der Waals surface area contributed by atoms with Gasteiger partial charge in [0.2, 0.25) is 0 Å². The molecule has 2 rings (SSSR count). The Morgan fingerprint density at radius 2 is 2.14 bits per heavy atom. The average molecular weight is 323 g/mol. The molecule has 118 valence electrons. The Labute approximate surface area is 128 Å². The summed E-state index contributed by atoms with van der Waals surface area (Å²) in [6.07, 6.45) is 1.30. The first kappa shape index (κ1) is 16.0. The molecule has 0 spiro atoms. The molecule has 2 N–H and O–H groups in total. The lowest BCUT2D eigenvalue weighted by atomic mass is 10.1. The molecule has 0 saturated carbocycles. The number of aromatic nitrogens is 2. The van der Waals surface area contributed by atoms with Crippen molar-refractivity contribution in [1.29, 1.82) is 0 Å². The lowest BCUT2D eigenvalue weighted by molar-refractivity contribution is -0.136. The highest BCUT2D eigenvalue weighted by Gasteiger charge is 2.19. The summed E-state index contributed by atoms with van der Waals surface area (Å²) in [5.41, 5.74) is 0.824. The van der Waals surface area contributed by atoms with Crippen molar-refractivity contribution in [2.45, 2.75) is 31.8 Å². The maximum absolute atomic E-state index is 12.3. The summed E-state index contributed by atoms with van der Waals surface area (Å²) in [4.78, 5) is 14.7. The molecule has 1 aromatic heterocycles. The highest BCUT2D eigenvalue weighted by atomic mass is 32.2. The smallest absolute Gasteiger partial charge is 0.307 e. The lowest BCUT2D eigenvalue weighted by Gasteiger charge is -2.07. The molecule has 8 heteroatoms. The fourth-order valence-electron chi connectivity index (χ4n) is 2.06. The number of carbonyl (C=O) groups is 1. The fourth-order valence-corrected chi connectivity index (χ4v) is 3.12. The number of imidazole rings is 1. The summed E-state index contributed by atoms with van der Waals surface area (Å²) in [5, 5.41) is 8.72. The Balaban J connectivity index is 2.26. The molecule has 7 nitrogen and oxygen atoms in total. The molecule has 0 aliphatic rings. The van der Waals surface area contributed by atoms with E-state index in [1.807, 2.05) is 6.92 Å². The van der Waals surface area contributed by atoms with E-state index in [9.17, 15) is 13.2 Å². The van der Waals surface area contributed by atoms with Gasteiger partial charge in [0.1, 0.15) is 5.82 Å². The number of anilines is 1. The van der Waals surface area contributed by atoms with Gasteiger partial charge in [-0.2, -0.15) is 8.42 Å². The van der Waals surface area contributed by atoms with Crippen molar-refractivity contribution in [3.8, 4) is 0 Å². The summed E-state index contributed by atoms with van der Waals surface area (Å²) in [5.74, 6) is -0.361. The van der Waals surface area contributed by atoms with Crippen molar-refractivity contribution >= 4 is 21.7 Å². The second kappa shape index (κ2) is 6.18. The van der Waals surface area contributed by atoms with Crippen molar-refractivity contribution in [1.82, 2.24) is 9.55 Å². The molecule has 22 heavy (non-hydrogen) atoms. The molecule has 0 amide bonds. The van der Waals surface area contributed by atoms with Gasteiger partial charge in [-0.05, 0) is 31.5 Å². The number of nitrogens with zero attached hydrogens (tertiary/aromatic N) is 2. The zero-order valence-electron chi connectivity index (χ0n) is 12.3. The number of aryl methyl sites for hydroxylation is 2. The Hall–Kier alpha value is -2.35. The highest BCUT2D eigenvalue weighted by molar-refractivity contribution is 7.92. The Morgan fingerprint density at radius 1 is 1.41 bits per heavy atom. The third-order valence-corrected chi connectivity index (χ3v) is 4.36. The number of carboxylic acid groups (broad SMARTS) is 1. The van der Waals surface area contributed by atoms with Crippen LogP contribution in [0.25, 0.3) is 0 Å². The largest absolute Gasteiger partial charge is 0.481 e. The van der Waals surface area contributed by atoms with E-state index < -0.39 is 16.0 Å². The number of aliphatic carboxylic acids is 1. The number of hydrogen-bond donors (Lipinski definition) is 2. The molecular formula is C14H17N3O4S. The fraction of sp³-hybridized carbons (Fsp3) is 0.286. The van der Waals surface area contributed by atoms with E-state index in [2.05, 4.69) is 9.71 Å². The van der Waals surface area contributed by atoms with Crippen molar-refractivity contribution in [2.24, 2.45) is 0 Å².